The van der Waals surface area contributed by atoms with Gasteiger partial charge in [0.15, 0.2) is 0 Å². The molecule has 1 N–H and O–H groups in total. The maximum Gasteiger partial charge on any atom is 0.255 e. The molecule has 3 aromatic rings. The first-order valence-electron chi connectivity index (χ1n) is 10.5. The monoisotopic (exact) mass is 471 g/mol. The molecule has 0 unspecified atom stereocenters. The number of halogens is 2. The Balaban J connectivity index is 1.43. The number of hydrogen-bond acceptors (Lipinski definition) is 4. The van der Waals surface area contributed by atoms with E-state index in [1.807, 2.05) is 30.3 Å². The minimum absolute atomic E-state index is 0.00811. The number of sulfonamides is 1. The van der Waals surface area contributed by atoms with E-state index in [0.717, 1.165) is 18.7 Å². The average molecular weight is 472 g/mol. The summed E-state index contributed by atoms with van der Waals surface area (Å²) in [5.74, 6) is -2.37. The molecule has 1 saturated heterocycles. The number of hydrogen-bond donors (Lipinski definition) is 1. The van der Waals surface area contributed by atoms with Crippen LogP contribution >= 0.6 is 0 Å². The molecule has 1 aliphatic rings. The second-order valence-electron chi connectivity index (χ2n) is 7.77. The van der Waals surface area contributed by atoms with Crippen LogP contribution in [0, 0.1) is 11.6 Å². The van der Waals surface area contributed by atoms with Crippen molar-refractivity contribution in [3.05, 3.63) is 95.6 Å². The van der Waals surface area contributed by atoms with Crippen molar-refractivity contribution in [2.24, 2.45) is 0 Å². The molecule has 172 valence electrons. The molecular formula is C24H23F2N3O3S. The zero-order valence-corrected chi connectivity index (χ0v) is 18.6. The number of benzene rings is 3. The van der Waals surface area contributed by atoms with E-state index < -0.39 is 27.6 Å². The summed E-state index contributed by atoms with van der Waals surface area (Å²) >= 11 is 0. The first-order valence-corrected chi connectivity index (χ1v) is 11.9. The summed E-state index contributed by atoms with van der Waals surface area (Å²) in [7, 11) is -3.80. The lowest BCUT2D eigenvalue weighted by molar-refractivity contribution is 0.102. The number of carbonyl (C=O) groups is 1. The normalized spacial score (nSPS) is 15.3. The van der Waals surface area contributed by atoms with Gasteiger partial charge in [-0.2, -0.15) is 4.31 Å². The van der Waals surface area contributed by atoms with Gasteiger partial charge in [0.25, 0.3) is 5.91 Å². The molecule has 0 aromatic heterocycles. The van der Waals surface area contributed by atoms with E-state index in [1.54, 1.807) is 0 Å². The van der Waals surface area contributed by atoms with E-state index in [9.17, 15) is 22.0 Å². The van der Waals surface area contributed by atoms with Crippen molar-refractivity contribution >= 4 is 21.6 Å². The van der Waals surface area contributed by atoms with E-state index in [2.05, 4.69) is 10.2 Å². The predicted octanol–water partition coefficient (Wildman–Crippen LogP) is 3.72. The van der Waals surface area contributed by atoms with Gasteiger partial charge in [-0.15, -0.1) is 0 Å². The first-order chi connectivity index (χ1) is 15.8. The van der Waals surface area contributed by atoms with Gasteiger partial charge in [-0.05, 0) is 35.9 Å². The Morgan fingerprint density at radius 2 is 1.61 bits per heavy atom. The van der Waals surface area contributed by atoms with Gasteiger partial charge in [0, 0.05) is 44.4 Å². The molecule has 0 spiro atoms. The van der Waals surface area contributed by atoms with Crippen LogP contribution in [0.15, 0.2) is 77.7 Å². The zero-order chi connectivity index (χ0) is 23.4. The van der Waals surface area contributed by atoms with Gasteiger partial charge in [-0.3, -0.25) is 9.69 Å². The van der Waals surface area contributed by atoms with E-state index in [0.29, 0.717) is 32.2 Å². The lowest BCUT2D eigenvalue weighted by Gasteiger charge is -2.34. The van der Waals surface area contributed by atoms with Crippen LogP contribution in [0.2, 0.25) is 0 Å². The van der Waals surface area contributed by atoms with Gasteiger partial charge < -0.3 is 5.32 Å². The topological polar surface area (TPSA) is 69.7 Å². The molecular weight excluding hydrogens is 448 g/mol. The molecule has 33 heavy (non-hydrogen) atoms. The highest BCUT2D eigenvalue weighted by atomic mass is 32.2. The van der Waals surface area contributed by atoms with Crippen LogP contribution in [0.5, 0.6) is 0 Å². The molecule has 4 rings (SSSR count). The Labute approximate surface area is 191 Å². The van der Waals surface area contributed by atoms with Gasteiger partial charge in [0.2, 0.25) is 10.0 Å². The molecule has 3 aromatic carbocycles. The summed E-state index contributed by atoms with van der Waals surface area (Å²) in [4.78, 5) is 14.7. The third-order valence-corrected chi connectivity index (χ3v) is 7.39. The lowest BCUT2D eigenvalue weighted by Crippen LogP contribution is -2.48. The van der Waals surface area contributed by atoms with Crippen LogP contribution in [-0.2, 0) is 16.6 Å². The predicted molar refractivity (Wildman–Crippen MR) is 121 cm³/mol. The Morgan fingerprint density at radius 3 is 2.30 bits per heavy atom. The SMILES string of the molecule is O=C(Nc1ccc(F)cc1F)c1cccc(S(=O)(=O)N2CCN(Cc3ccccc3)CC2)c1. The second kappa shape index (κ2) is 9.78. The quantitative estimate of drug-likeness (QED) is 0.595. The van der Waals surface area contributed by atoms with Crippen molar-refractivity contribution in [2.75, 3.05) is 31.5 Å². The Bertz CT molecular complexity index is 1240. The lowest BCUT2D eigenvalue weighted by atomic mass is 10.2. The number of carbonyl (C=O) groups excluding carboxylic acids is 1. The smallest absolute Gasteiger partial charge is 0.255 e. The van der Waals surface area contributed by atoms with E-state index >= 15 is 0 Å². The summed E-state index contributed by atoms with van der Waals surface area (Å²) in [5.41, 5.74) is 1.04. The van der Waals surface area contributed by atoms with Gasteiger partial charge >= 0.3 is 0 Å². The van der Waals surface area contributed by atoms with Crippen molar-refractivity contribution in [3.63, 3.8) is 0 Å². The fourth-order valence-electron chi connectivity index (χ4n) is 3.70. The molecule has 1 heterocycles. The summed E-state index contributed by atoms with van der Waals surface area (Å²) in [6, 6.07) is 18.4. The molecule has 0 saturated carbocycles. The molecule has 0 atom stereocenters. The van der Waals surface area contributed by atoms with Gasteiger partial charge in [-0.25, -0.2) is 17.2 Å². The van der Waals surface area contributed by atoms with Crippen LogP contribution < -0.4 is 5.32 Å². The molecule has 6 nitrogen and oxygen atoms in total. The minimum Gasteiger partial charge on any atom is -0.319 e. The summed E-state index contributed by atoms with van der Waals surface area (Å²) in [6.07, 6.45) is 0. The first kappa shape index (κ1) is 23.0. The fourth-order valence-corrected chi connectivity index (χ4v) is 5.17. The standard InChI is InChI=1S/C24H23F2N3O3S/c25-20-9-10-23(22(26)16-20)27-24(30)19-7-4-8-21(15-19)33(31,32)29-13-11-28(12-14-29)17-18-5-2-1-3-6-18/h1-10,15-16H,11-14,17H2,(H,27,30). The highest BCUT2D eigenvalue weighted by Gasteiger charge is 2.29. The average Bonchev–Trinajstić information content (AvgIpc) is 2.82. The highest BCUT2D eigenvalue weighted by Crippen LogP contribution is 2.21. The Kier molecular flexibility index (Phi) is 6.83. The molecule has 0 radical (unpaired) electrons. The molecule has 0 aliphatic carbocycles. The number of anilines is 1. The fraction of sp³-hybridized carbons (Fsp3) is 0.208. The number of nitrogens with zero attached hydrogens (tertiary/aromatic N) is 2. The molecule has 1 aliphatic heterocycles. The summed E-state index contributed by atoms with van der Waals surface area (Å²) < 4.78 is 54.6. The maximum atomic E-state index is 13.8. The Morgan fingerprint density at radius 1 is 0.879 bits per heavy atom. The van der Waals surface area contributed by atoms with Crippen LogP contribution in [0.4, 0.5) is 14.5 Å². The maximum absolute atomic E-state index is 13.8. The van der Waals surface area contributed by atoms with Crippen molar-refractivity contribution < 1.29 is 22.0 Å². The number of piperazine rings is 1. The van der Waals surface area contributed by atoms with E-state index in [4.69, 9.17) is 0 Å². The minimum atomic E-state index is -3.80. The molecule has 0 bridgehead atoms. The molecule has 1 fully saturated rings. The van der Waals surface area contributed by atoms with Crippen LogP contribution in [-0.4, -0.2) is 49.7 Å². The van der Waals surface area contributed by atoms with Crippen LogP contribution in [0.3, 0.4) is 0 Å². The van der Waals surface area contributed by atoms with Crippen molar-refractivity contribution in [2.45, 2.75) is 11.4 Å². The molecule has 9 heteroatoms. The highest BCUT2D eigenvalue weighted by molar-refractivity contribution is 7.89. The summed E-state index contributed by atoms with van der Waals surface area (Å²) in [5, 5.41) is 2.35. The largest absolute Gasteiger partial charge is 0.319 e. The van der Waals surface area contributed by atoms with Crippen molar-refractivity contribution in [1.29, 1.82) is 0 Å². The van der Waals surface area contributed by atoms with E-state index in [1.165, 1.54) is 34.1 Å². The number of amides is 1. The zero-order valence-electron chi connectivity index (χ0n) is 17.7. The Hall–Kier alpha value is -3.14. The summed E-state index contributed by atoms with van der Waals surface area (Å²) in [6.45, 7) is 2.62. The van der Waals surface area contributed by atoms with E-state index in [-0.39, 0.29) is 16.1 Å². The second-order valence-corrected chi connectivity index (χ2v) is 9.71. The third-order valence-electron chi connectivity index (χ3n) is 5.49. The van der Waals surface area contributed by atoms with Crippen LogP contribution in [0.1, 0.15) is 15.9 Å². The van der Waals surface area contributed by atoms with Crippen LogP contribution in [0.25, 0.3) is 0 Å². The third kappa shape index (κ3) is 5.44. The van der Waals surface area contributed by atoms with Crippen molar-refractivity contribution in [1.82, 2.24) is 9.21 Å². The van der Waals surface area contributed by atoms with Gasteiger partial charge in [0.05, 0.1) is 10.6 Å². The van der Waals surface area contributed by atoms with Gasteiger partial charge in [-0.1, -0.05) is 36.4 Å². The number of nitrogens with one attached hydrogen (secondary N) is 1. The van der Waals surface area contributed by atoms with Crippen molar-refractivity contribution in [3.8, 4) is 0 Å². The number of rotatable bonds is 6. The van der Waals surface area contributed by atoms with Gasteiger partial charge in [0.1, 0.15) is 11.6 Å². The molecule has 1 amide bonds.